The Morgan fingerprint density at radius 1 is 0.147 bits per heavy atom. The molecule has 0 saturated carbocycles. The van der Waals surface area contributed by atoms with Gasteiger partial charge in [0, 0.05) is 111 Å². The highest BCUT2D eigenvalue weighted by Gasteiger charge is 2.21. The molecular weight excluding hydrogens is 1460 g/mol. The van der Waals surface area contributed by atoms with Crippen molar-refractivity contribution in [2.75, 3.05) is 14.7 Å². The molecule has 0 aliphatic carbocycles. The minimum atomic E-state index is 1.12. The maximum Gasteiger partial charge on any atom is 0.0540 e. The van der Waals surface area contributed by atoms with Crippen molar-refractivity contribution >= 4 is 167 Å². The first-order valence-electron chi connectivity index (χ1n) is 39.3. The van der Waals surface area contributed by atoms with Gasteiger partial charge in [-0.2, -0.15) is 0 Å². The van der Waals surface area contributed by atoms with Gasteiger partial charge in [0.15, 0.2) is 0 Å². The third kappa shape index (κ3) is 14.0. The fraction of sp³-hybridized carbons (Fsp3) is 0. The van der Waals surface area contributed by atoms with Gasteiger partial charge in [-0.05, 0) is 193 Å². The zero-order valence-electron chi connectivity index (χ0n) is 63.4. The summed E-state index contributed by atoms with van der Waals surface area (Å²) in [6.45, 7) is 0. The maximum atomic E-state index is 2.35. The van der Waals surface area contributed by atoms with Crippen molar-refractivity contribution in [3.8, 4) is 55.6 Å². The lowest BCUT2D eigenvalue weighted by Gasteiger charge is -2.27. The van der Waals surface area contributed by atoms with Gasteiger partial charge in [0.1, 0.15) is 0 Å². The second kappa shape index (κ2) is 31.7. The molecule has 0 amide bonds. The van der Waals surface area contributed by atoms with Crippen LogP contribution in [-0.2, 0) is 0 Å². The van der Waals surface area contributed by atoms with Crippen LogP contribution in [-0.4, -0.2) is 0 Å². The zero-order chi connectivity index (χ0) is 77.1. The van der Waals surface area contributed by atoms with E-state index >= 15 is 0 Å². The van der Waals surface area contributed by atoms with Crippen molar-refractivity contribution in [2.24, 2.45) is 0 Å². The molecule has 3 heterocycles. The van der Waals surface area contributed by atoms with Crippen molar-refractivity contribution < 1.29 is 0 Å². The third-order valence-corrected chi connectivity index (χ3v) is 25.7. The average Bonchev–Trinajstić information content (AvgIpc) is 1.45. The van der Waals surface area contributed by atoms with Crippen LogP contribution in [0.2, 0.25) is 0 Å². The average molecular weight is 1540 g/mol. The molecule has 0 N–H and O–H groups in total. The standard InChI is InChI=1S/C42H29NS.2C34H23NS/c1-3-10-30(11-4-1)32-18-24-35(25-19-32)43(36-26-20-33(21-27-36)31-12-5-2-6-13-31)37-28-22-34(23-29-37)38-15-9-16-40-39-14-7-8-17-41(39)44-42(38)40;1-2-12-26(13-3-1)35(32-18-8-11-24-10-4-5-14-28(24)32)27-22-20-25(21-23-27)29-16-9-17-31-30-15-6-7-19-33(30)36-34(29)31;1-2-11-27(12-3-1)35(29-22-17-24-9-4-5-10-26(24)23-29)28-20-18-25(19-21-28)30-14-8-15-32-31-13-6-7-16-33(31)36-34(30)32/h1-29H;2*1-23H. The van der Waals surface area contributed by atoms with Crippen LogP contribution in [0.25, 0.3) is 138 Å². The third-order valence-electron chi connectivity index (χ3n) is 22.0. The molecule has 0 saturated heterocycles. The van der Waals surface area contributed by atoms with E-state index in [1.54, 1.807) is 0 Å². The van der Waals surface area contributed by atoms with Gasteiger partial charge in [0.25, 0.3) is 0 Å². The lowest BCUT2D eigenvalue weighted by molar-refractivity contribution is 1.28. The molecule has 19 aromatic carbocycles. The van der Waals surface area contributed by atoms with Crippen molar-refractivity contribution in [3.05, 3.63) is 455 Å². The summed E-state index contributed by atoms with van der Waals surface area (Å²) in [5.41, 5.74) is 22.7. The van der Waals surface area contributed by atoms with Crippen LogP contribution < -0.4 is 14.7 Å². The molecule has 116 heavy (non-hydrogen) atoms. The number of thiophene rings is 3. The summed E-state index contributed by atoms with van der Waals surface area (Å²) in [5.74, 6) is 0. The Bertz CT molecular complexity index is 7130. The predicted molar refractivity (Wildman–Crippen MR) is 504 cm³/mol. The predicted octanol–water partition coefficient (Wildman–Crippen LogP) is 33.2. The molecular formula is C110H75N3S3. The lowest BCUT2D eigenvalue weighted by Crippen LogP contribution is -2.10. The Balaban J connectivity index is 0.000000113. The topological polar surface area (TPSA) is 9.72 Å². The van der Waals surface area contributed by atoms with Gasteiger partial charge in [-0.15, -0.1) is 34.0 Å². The summed E-state index contributed by atoms with van der Waals surface area (Å²) in [6.07, 6.45) is 0. The quantitative estimate of drug-likeness (QED) is 0.107. The van der Waals surface area contributed by atoms with Crippen LogP contribution in [0.5, 0.6) is 0 Å². The summed E-state index contributed by atoms with van der Waals surface area (Å²) in [6, 6.07) is 163. The van der Waals surface area contributed by atoms with Crippen molar-refractivity contribution in [2.45, 2.75) is 0 Å². The second-order valence-corrected chi connectivity index (χ2v) is 32.2. The van der Waals surface area contributed by atoms with E-state index in [-0.39, 0.29) is 0 Å². The van der Waals surface area contributed by atoms with Crippen molar-refractivity contribution in [1.82, 2.24) is 0 Å². The van der Waals surface area contributed by atoms with E-state index in [0.717, 1.165) is 45.5 Å². The number of fused-ring (bicyclic) bond motifs is 11. The van der Waals surface area contributed by atoms with E-state index in [4.69, 9.17) is 0 Å². The fourth-order valence-corrected chi connectivity index (χ4v) is 20.1. The van der Waals surface area contributed by atoms with E-state index in [0.29, 0.717) is 0 Å². The molecule has 6 heteroatoms. The SMILES string of the molecule is c1ccc(-c2ccc(N(c3ccc(-c4ccccc4)cc3)c3ccc(-c4cccc5c4sc4ccccc45)cc3)cc2)cc1.c1ccc(N(c2ccc(-c3cccc4c3sc3ccccc34)cc2)c2ccc3ccccc3c2)cc1.c1ccc(N(c2ccc(-c3cccc4c3sc3ccccc34)cc2)c2cccc3ccccc23)cc1. The monoisotopic (exact) mass is 1530 g/mol. The Morgan fingerprint density at radius 2 is 0.414 bits per heavy atom. The van der Waals surface area contributed by atoms with Crippen molar-refractivity contribution in [3.63, 3.8) is 0 Å². The Labute approximate surface area is 687 Å². The van der Waals surface area contributed by atoms with Crippen LogP contribution in [0.3, 0.4) is 0 Å². The van der Waals surface area contributed by atoms with E-state index < -0.39 is 0 Å². The summed E-state index contributed by atoms with van der Waals surface area (Å²) in [4.78, 5) is 7.02. The molecule has 0 spiro atoms. The van der Waals surface area contributed by atoms with Gasteiger partial charge in [0.2, 0.25) is 0 Å². The molecule has 0 fully saturated rings. The zero-order valence-corrected chi connectivity index (χ0v) is 65.8. The number of nitrogens with zero attached hydrogens (tertiary/aromatic N) is 3. The molecule has 0 unspecified atom stereocenters. The van der Waals surface area contributed by atoms with Crippen LogP contribution >= 0.6 is 34.0 Å². The Kier molecular flexibility index (Phi) is 19.4. The number of rotatable bonds is 14. The van der Waals surface area contributed by atoms with Gasteiger partial charge in [-0.3, -0.25) is 0 Å². The lowest BCUT2D eigenvalue weighted by atomic mass is 10.0. The van der Waals surface area contributed by atoms with Crippen LogP contribution in [0.15, 0.2) is 455 Å². The van der Waals surface area contributed by atoms with Crippen LogP contribution in [0, 0.1) is 0 Å². The summed E-state index contributed by atoms with van der Waals surface area (Å²) in [7, 11) is 0. The highest BCUT2D eigenvalue weighted by molar-refractivity contribution is 7.27. The first kappa shape index (κ1) is 70.8. The minimum absolute atomic E-state index is 1.12. The Hall–Kier alpha value is -14.2. The highest BCUT2D eigenvalue weighted by atomic mass is 32.1. The second-order valence-electron chi connectivity index (χ2n) is 29.0. The molecule has 0 bridgehead atoms. The fourth-order valence-electron chi connectivity index (χ4n) is 16.4. The van der Waals surface area contributed by atoms with E-state index in [9.17, 15) is 0 Å². The highest BCUT2D eigenvalue weighted by Crippen LogP contribution is 2.47. The molecule has 0 radical (unpaired) electrons. The molecule has 0 aliphatic rings. The number of hydrogen-bond donors (Lipinski definition) is 0. The summed E-state index contributed by atoms with van der Waals surface area (Å²) in [5, 5.41) is 13.0. The van der Waals surface area contributed by atoms with Crippen molar-refractivity contribution in [1.29, 1.82) is 0 Å². The first-order chi connectivity index (χ1) is 57.5. The van der Waals surface area contributed by atoms with Gasteiger partial charge in [-0.1, -0.05) is 334 Å². The van der Waals surface area contributed by atoms with E-state index in [1.807, 2.05) is 34.0 Å². The number of para-hydroxylation sites is 2. The molecule has 3 nitrogen and oxygen atoms in total. The summed E-state index contributed by atoms with van der Waals surface area (Å²) >= 11 is 5.63. The minimum Gasteiger partial charge on any atom is -0.311 e. The molecule has 3 aromatic heterocycles. The van der Waals surface area contributed by atoms with E-state index in [2.05, 4.69) is 470 Å². The summed E-state index contributed by atoms with van der Waals surface area (Å²) < 4.78 is 8.04. The number of benzene rings is 19. The molecule has 548 valence electrons. The van der Waals surface area contributed by atoms with Gasteiger partial charge in [0.05, 0.1) is 5.69 Å². The largest absolute Gasteiger partial charge is 0.311 e. The first-order valence-corrected chi connectivity index (χ1v) is 41.8. The van der Waals surface area contributed by atoms with Gasteiger partial charge in [-0.25, -0.2) is 0 Å². The normalized spacial score (nSPS) is 11.3. The molecule has 22 rings (SSSR count). The molecule has 0 aliphatic heterocycles. The van der Waals surface area contributed by atoms with Crippen LogP contribution in [0.4, 0.5) is 51.2 Å². The van der Waals surface area contributed by atoms with Gasteiger partial charge < -0.3 is 14.7 Å². The van der Waals surface area contributed by atoms with Gasteiger partial charge >= 0.3 is 0 Å². The van der Waals surface area contributed by atoms with Crippen LogP contribution in [0.1, 0.15) is 0 Å². The number of anilines is 9. The molecule has 22 aromatic rings. The van der Waals surface area contributed by atoms with E-state index in [1.165, 1.54) is 143 Å². The Morgan fingerprint density at radius 3 is 0.828 bits per heavy atom. The molecule has 0 atom stereocenters. The number of hydrogen-bond acceptors (Lipinski definition) is 6. The smallest absolute Gasteiger partial charge is 0.0540 e. The maximum absolute atomic E-state index is 2.35.